The molecule has 0 radical (unpaired) electrons. The van der Waals surface area contributed by atoms with Gasteiger partial charge in [0.1, 0.15) is 17.5 Å². The number of carboxylic acid groups (broad SMARTS) is 1. The molecule has 1 saturated heterocycles. The second-order valence-corrected chi connectivity index (χ2v) is 10.4. The van der Waals surface area contributed by atoms with E-state index in [1.165, 1.54) is 36.5 Å². The van der Waals surface area contributed by atoms with Crippen molar-refractivity contribution in [2.45, 2.75) is 23.8 Å². The summed E-state index contributed by atoms with van der Waals surface area (Å²) >= 11 is 0. The van der Waals surface area contributed by atoms with E-state index in [1.54, 1.807) is 6.07 Å². The number of carbonyl (C=O) groups is 4. The molecule has 1 aliphatic rings. The zero-order chi connectivity index (χ0) is 27.5. The summed E-state index contributed by atoms with van der Waals surface area (Å²) in [7, 11) is -4.22. The molecule has 0 unspecified atom stereocenters. The molecule has 1 atom stereocenters. The van der Waals surface area contributed by atoms with Gasteiger partial charge in [0.05, 0.1) is 0 Å². The van der Waals surface area contributed by atoms with Crippen molar-refractivity contribution >= 4 is 33.7 Å². The molecule has 2 heterocycles. The van der Waals surface area contributed by atoms with Gasteiger partial charge in [-0.15, -0.1) is 0 Å². The van der Waals surface area contributed by atoms with Crippen molar-refractivity contribution in [1.29, 1.82) is 0 Å². The maximum absolute atomic E-state index is 12.8. The maximum Gasteiger partial charge on any atom is 0.322 e. The first-order valence-electron chi connectivity index (χ1n) is 11.9. The highest BCUT2D eigenvalue weighted by Gasteiger charge is 2.27. The summed E-state index contributed by atoms with van der Waals surface area (Å²) in [6, 6.07) is 7.10. The highest BCUT2D eigenvalue weighted by molar-refractivity contribution is 7.89. The van der Waals surface area contributed by atoms with Crippen molar-refractivity contribution in [3.8, 4) is 0 Å². The van der Waals surface area contributed by atoms with Crippen LogP contribution in [0.15, 0.2) is 53.7 Å². The van der Waals surface area contributed by atoms with Crippen molar-refractivity contribution in [2.24, 2.45) is 5.92 Å². The zero-order valence-electron chi connectivity index (χ0n) is 20.5. The van der Waals surface area contributed by atoms with Crippen molar-refractivity contribution in [1.82, 2.24) is 31.0 Å². The van der Waals surface area contributed by atoms with E-state index in [0.717, 1.165) is 32.1 Å². The van der Waals surface area contributed by atoms with Crippen molar-refractivity contribution in [3.63, 3.8) is 0 Å². The fourth-order valence-corrected chi connectivity index (χ4v) is 4.92. The number of rotatable bonds is 12. The summed E-state index contributed by atoms with van der Waals surface area (Å²) < 4.78 is 27.5. The van der Waals surface area contributed by atoms with Crippen LogP contribution in [0.2, 0.25) is 0 Å². The minimum atomic E-state index is -4.22. The first kappa shape index (κ1) is 28.7. The summed E-state index contributed by atoms with van der Waals surface area (Å²) in [6.07, 6.45) is 4.38. The lowest BCUT2D eigenvalue weighted by Crippen LogP contribution is -2.53. The Hall–Kier alpha value is -3.88. The van der Waals surface area contributed by atoms with Gasteiger partial charge in [0.15, 0.2) is 0 Å². The van der Waals surface area contributed by atoms with Gasteiger partial charge in [-0.2, -0.15) is 4.72 Å². The number of piperidine rings is 1. The van der Waals surface area contributed by atoms with Crippen molar-refractivity contribution in [3.05, 3.63) is 59.9 Å². The monoisotopic (exact) mass is 546 g/mol. The number of pyridine rings is 1. The molecule has 0 saturated carbocycles. The SMILES string of the molecule is O=C(O)CNC(=O)[C@H](CNC(=O)c1cccc(C(=O)NCC2CCNCC2)c1)NS(=O)(=O)c1cccnc1. The topological polar surface area (TPSA) is 196 Å². The van der Waals surface area contributed by atoms with Crippen LogP contribution in [-0.2, 0) is 19.6 Å². The lowest BCUT2D eigenvalue weighted by molar-refractivity contribution is -0.138. The molecule has 6 N–H and O–H groups in total. The minimum absolute atomic E-state index is 0.124. The van der Waals surface area contributed by atoms with Crippen LogP contribution in [0.4, 0.5) is 0 Å². The fourth-order valence-electron chi connectivity index (χ4n) is 3.76. The van der Waals surface area contributed by atoms with E-state index in [0.29, 0.717) is 12.5 Å². The third-order valence-corrected chi connectivity index (χ3v) is 7.29. The van der Waals surface area contributed by atoms with E-state index in [-0.39, 0.29) is 21.9 Å². The normalized spacial score (nSPS) is 14.7. The van der Waals surface area contributed by atoms with Gasteiger partial charge in [0.25, 0.3) is 11.8 Å². The van der Waals surface area contributed by atoms with Crippen LogP contribution in [0.3, 0.4) is 0 Å². The molecule has 38 heavy (non-hydrogen) atoms. The smallest absolute Gasteiger partial charge is 0.322 e. The van der Waals surface area contributed by atoms with Crippen LogP contribution < -0.4 is 26.0 Å². The standard InChI is InChI=1S/C24H30N6O7S/c31-21(32)15-29-24(35)20(30-38(36,37)19-5-2-8-26-13-19)14-28-23(34)18-4-1-3-17(11-18)22(33)27-12-16-6-9-25-10-7-16/h1-5,8,11,13,16,20,25,30H,6-7,9-10,12,14-15H2,(H,27,33)(H,28,34)(H,29,35)(H,31,32)/t20-/m0/s1. The third-order valence-electron chi connectivity index (χ3n) is 5.84. The Kier molecular flexibility index (Phi) is 10.3. The quantitative estimate of drug-likeness (QED) is 0.195. The van der Waals surface area contributed by atoms with Gasteiger partial charge in [-0.25, -0.2) is 8.42 Å². The Morgan fingerprint density at radius 3 is 2.32 bits per heavy atom. The molecule has 1 aromatic heterocycles. The Balaban J connectivity index is 1.65. The average molecular weight is 547 g/mol. The number of benzene rings is 1. The number of hydrogen-bond donors (Lipinski definition) is 6. The van der Waals surface area contributed by atoms with Gasteiger partial charge in [-0.05, 0) is 62.2 Å². The molecular weight excluding hydrogens is 516 g/mol. The molecule has 0 bridgehead atoms. The molecule has 204 valence electrons. The number of hydrogen-bond acceptors (Lipinski definition) is 8. The van der Waals surface area contributed by atoms with Gasteiger partial charge in [-0.1, -0.05) is 6.07 Å². The fraction of sp³-hybridized carbons (Fsp3) is 0.375. The van der Waals surface area contributed by atoms with Gasteiger partial charge in [0.2, 0.25) is 15.9 Å². The number of aromatic nitrogens is 1. The number of aliphatic carboxylic acids is 1. The van der Waals surface area contributed by atoms with E-state index >= 15 is 0 Å². The van der Waals surface area contributed by atoms with Crippen molar-refractivity contribution < 1.29 is 32.7 Å². The van der Waals surface area contributed by atoms with Crippen LogP contribution in [0.25, 0.3) is 0 Å². The maximum atomic E-state index is 12.8. The largest absolute Gasteiger partial charge is 0.480 e. The molecule has 0 aliphatic carbocycles. The van der Waals surface area contributed by atoms with E-state index in [1.807, 2.05) is 0 Å². The molecule has 0 spiro atoms. The molecular formula is C24H30N6O7S. The highest BCUT2D eigenvalue weighted by Crippen LogP contribution is 2.11. The Labute approximate surface area is 219 Å². The average Bonchev–Trinajstić information content (AvgIpc) is 2.93. The van der Waals surface area contributed by atoms with E-state index < -0.39 is 46.9 Å². The zero-order valence-corrected chi connectivity index (χ0v) is 21.3. The molecule has 3 amide bonds. The van der Waals surface area contributed by atoms with Crippen LogP contribution in [-0.4, -0.2) is 81.0 Å². The molecule has 2 aromatic rings. The second kappa shape index (κ2) is 13.6. The molecule has 14 heteroatoms. The summed E-state index contributed by atoms with van der Waals surface area (Å²) in [5.74, 6) is -2.88. The summed E-state index contributed by atoms with van der Waals surface area (Å²) in [5.41, 5.74) is 0.402. The highest BCUT2D eigenvalue weighted by atomic mass is 32.2. The lowest BCUT2D eigenvalue weighted by atomic mass is 9.98. The predicted octanol–water partition coefficient (Wildman–Crippen LogP) is -0.911. The Morgan fingerprint density at radius 2 is 1.68 bits per heavy atom. The molecule has 3 rings (SSSR count). The number of nitrogens with one attached hydrogen (secondary N) is 5. The van der Waals surface area contributed by atoms with E-state index in [4.69, 9.17) is 5.11 Å². The molecule has 1 aromatic carbocycles. The number of nitrogens with zero attached hydrogens (tertiary/aromatic N) is 1. The summed E-state index contributed by atoms with van der Waals surface area (Å²) in [6.45, 7) is 1.11. The van der Waals surface area contributed by atoms with Crippen LogP contribution in [0.5, 0.6) is 0 Å². The summed E-state index contributed by atoms with van der Waals surface area (Å²) in [5, 5.41) is 19.5. The predicted molar refractivity (Wildman–Crippen MR) is 136 cm³/mol. The third kappa shape index (κ3) is 8.61. The van der Waals surface area contributed by atoms with Gasteiger partial charge in [0, 0.05) is 36.6 Å². The van der Waals surface area contributed by atoms with Gasteiger partial charge < -0.3 is 26.4 Å². The number of carboxylic acids is 1. The van der Waals surface area contributed by atoms with Gasteiger partial charge in [-0.3, -0.25) is 24.2 Å². The van der Waals surface area contributed by atoms with Crippen LogP contribution in [0.1, 0.15) is 33.6 Å². The second-order valence-electron chi connectivity index (χ2n) is 8.67. The lowest BCUT2D eigenvalue weighted by Gasteiger charge is -2.22. The summed E-state index contributed by atoms with van der Waals surface area (Å²) in [4.78, 5) is 52.3. The van der Waals surface area contributed by atoms with E-state index in [9.17, 15) is 27.6 Å². The molecule has 1 fully saturated rings. The Morgan fingerprint density at radius 1 is 1.00 bits per heavy atom. The van der Waals surface area contributed by atoms with Gasteiger partial charge >= 0.3 is 5.97 Å². The molecule has 13 nitrogen and oxygen atoms in total. The molecule has 1 aliphatic heterocycles. The van der Waals surface area contributed by atoms with Crippen LogP contribution in [0, 0.1) is 5.92 Å². The first-order valence-corrected chi connectivity index (χ1v) is 13.4. The number of carbonyl (C=O) groups excluding carboxylic acids is 3. The van der Waals surface area contributed by atoms with Crippen LogP contribution >= 0.6 is 0 Å². The number of amides is 3. The van der Waals surface area contributed by atoms with E-state index in [2.05, 4.69) is 31.0 Å². The van der Waals surface area contributed by atoms with Crippen molar-refractivity contribution in [2.75, 3.05) is 32.7 Å². The number of sulfonamides is 1. The minimum Gasteiger partial charge on any atom is -0.480 e. The Bertz CT molecular complexity index is 1250. The first-order chi connectivity index (χ1) is 18.2.